The summed E-state index contributed by atoms with van der Waals surface area (Å²) in [6.07, 6.45) is 8.68. The van der Waals surface area contributed by atoms with Gasteiger partial charge in [-0.3, -0.25) is 4.98 Å². The van der Waals surface area contributed by atoms with E-state index in [0.717, 1.165) is 24.1 Å². The van der Waals surface area contributed by atoms with Crippen LogP contribution in [0.25, 0.3) is 5.57 Å². The van der Waals surface area contributed by atoms with Gasteiger partial charge in [-0.25, -0.2) is 0 Å². The summed E-state index contributed by atoms with van der Waals surface area (Å²) in [6.45, 7) is 10.5. The Morgan fingerprint density at radius 1 is 1.29 bits per heavy atom. The van der Waals surface area contributed by atoms with Crippen LogP contribution in [-0.2, 0) is 0 Å². The van der Waals surface area contributed by atoms with Crippen LogP contribution < -0.4 is 0 Å². The van der Waals surface area contributed by atoms with E-state index in [0.29, 0.717) is 0 Å². The van der Waals surface area contributed by atoms with Crippen molar-refractivity contribution in [2.75, 3.05) is 0 Å². The fourth-order valence-corrected chi connectivity index (χ4v) is 1.85. The average Bonchev–Trinajstić information content (AvgIpc) is 2.35. The molecule has 92 valence electrons. The predicted octanol–water partition coefficient (Wildman–Crippen LogP) is 4.93. The van der Waals surface area contributed by atoms with Crippen LogP contribution in [0, 0.1) is 6.92 Å². The quantitative estimate of drug-likeness (QED) is 0.630. The molecule has 0 saturated carbocycles. The lowest BCUT2D eigenvalue weighted by Gasteiger charge is -2.08. The van der Waals surface area contributed by atoms with Crippen molar-refractivity contribution < 1.29 is 0 Å². The summed E-state index contributed by atoms with van der Waals surface area (Å²) in [5.41, 5.74) is 4.89. The van der Waals surface area contributed by atoms with Gasteiger partial charge in [0, 0.05) is 6.20 Å². The zero-order chi connectivity index (χ0) is 12.7. The van der Waals surface area contributed by atoms with Crippen molar-refractivity contribution >= 4 is 5.57 Å². The normalized spacial score (nSPS) is 11.6. The Bertz CT molecular complexity index is 384. The molecule has 1 heteroatoms. The summed E-state index contributed by atoms with van der Waals surface area (Å²) in [5, 5.41) is 0. The number of nitrogens with zero attached hydrogens (tertiary/aromatic N) is 1. The third kappa shape index (κ3) is 4.56. The van der Waals surface area contributed by atoms with Gasteiger partial charge in [0.15, 0.2) is 0 Å². The van der Waals surface area contributed by atoms with Crippen molar-refractivity contribution in [2.45, 2.75) is 46.5 Å². The van der Waals surface area contributed by atoms with Crippen molar-refractivity contribution in [3.63, 3.8) is 0 Å². The Balaban J connectivity index is 2.52. The molecule has 0 aromatic carbocycles. The zero-order valence-corrected chi connectivity index (χ0v) is 11.3. The van der Waals surface area contributed by atoms with E-state index in [2.05, 4.69) is 50.5 Å². The first-order chi connectivity index (χ1) is 8.17. The van der Waals surface area contributed by atoms with Crippen LogP contribution in [0.15, 0.2) is 36.6 Å². The first kappa shape index (κ1) is 13.7. The summed E-state index contributed by atoms with van der Waals surface area (Å²) >= 11 is 0. The Morgan fingerprint density at radius 3 is 2.59 bits per heavy atom. The van der Waals surface area contributed by atoms with Gasteiger partial charge in [0.1, 0.15) is 0 Å². The van der Waals surface area contributed by atoms with Crippen LogP contribution in [0.1, 0.15) is 50.8 Å². The molecule has 1 aromatic rings. The van der Waals surface area contributed by atoms with Gasteiger partial charge in [-0.15, -0.1) is 0 Å². The molecule has 0 bridgehead atoms. The number of hydrogen-bond donors (Lipinski definition) is 0. The van der Waals surface area contributed by atoms with Gasteiger partial charge in [-0.1, -0.05) is 37.6 Å². The monoisotopic (exact) mass is 229 g/mol. The smallest absolute Gasteiger partial charge is 0.0655 e. The van der Waals surface area contributed by atoms with Crippen LogP contribution in [-0.4, -0.2) is 4.98 Å². The number of rotatable bonds is 6. The van der Waals surface area contributed by atoms with E-state index >= 15 is 0 Å². The van der Waals surface area contributed by atoms with E-state index in [4.69, 9.17) is 0 Å². The molecule has 1 nitrogen and oxygen atoms in total. The van der Waals surface area contributed by atoms with Crippen LogP contribution >= 0.6 is 0 Å². The maximum absolute atomic E-state index is 4.41. The third-order valence-corrected chi connectivity index (χ3v) is 3.00. The van der Waals surface area contributed by atoms with Crippen LogP contribution in [0.5, 0.6) is 0 Å². The number of hydrogen-bond acceptors (Lipinski definition) is 1. The van der Waals surface area contributed by atoms with Gasteiger partial charge < -0.3 is 0 Å². The number of pyridine rings is 1. The first-order valence-corrected chi connectivity index (χ1v) is 6.42. The highest BCUT2D eigenvalue weighted by Gasteiger charge is 2.02. The van der Waals surface area contributed by atoms with E-state index in [-0.39, 0.29) is 0 Å². The van der Waals surface area contributed by atoms with Crippen LogP contribution in [0.2, 0.25) is 0 Å². The summed E-state index contributed by atoms with van der Waals surface area (Å²) in [4.78, 5) is 4.41. The molecule has 0 atom stereocenters. The lowest BCUT2D eigenvalue weighted by Crippen LogP contribution is -1.91. The summed E-state index contributed by atoms with van der Waals surface area (Å²) in [6, 6.07) is 4.16. The fraction of sp³-hybridized carbons (Fsp3) is 0.438. The zero-order valence-electron chi connectivity index (χ0n) is 11.3. The number of allylic oxidation sites excluding steroid dienone is 3. The van der Waals surface area contributed by atoms with E-state index < -0.39 is 0 Å². The second kappa shape index (κ2) is 7.05. The van der Waals surface area contributed by atoms with E-state index in [9.17, 15) is 0 Å². The highest BCUT2D eigenvalue weighted by atomic mass is 14.7. The fourth-order valence-electron chi connectivity index (χ4n) is 1.85. The molecule has 17 heavy (non-hydrogen) atoms. The maximum atomic E-state index is 4.41. The Morgan fingerprint density at radius 2 is 2.06 bits per heavy atom. The van der Waals surface area contributed by atoms with Crippen molar-refractivity contribution in [1.29, 1.82) is 0 Å². The molecule has 0 aliphatic carbocycles. The lowest BCUT2D eigenvalue weighted by atomic mass is 10.00. The minimum Gasteiger partial charge on any atom is -0.256 e. The summed E-state index contributed by atoms with van der Waals surface area (Å²) in [7, 11) is 0. The second-order valence-electron chi connectivity index (χ2n) is 4.52. The standard InChI is InChI=1S/C16H23N/c1-5-7-15(6-2)10-9-14(4)16-11-8-13(3)12-17-16/h6,8,11-12H,4-5,7,9-10H2,1-3H3/b15-6-. The Hall–Kier alpha value is -1.37. The Labute approximate surface area is 105 Å². The predicted molar refractivity (Wildman–Crippen MR) is 75.9 cm³/mol. The number of aryl methyl sites for hydroxylation is 1. The van der Waals surface area contributed by atoms with Crippen molar-refractivity contribution in [3.05, 3.63) is 47.8 Å². The van der Waals surface area contributed by atoms with E-state index in [1.807, 2.05) is 6.20 Å². The molecule has 0 spiro atoms. The van der Waals surface area contributed by atoms with Gasteiger partial charge in [-0.2, -0.15) is 0 Å². The maximum Gasteiger partial charge on any atom is 0.0655 e. The molecule has 0 saturated heterocycles. The molecule has 0 aliphatic rings. The molecule has 1 rings (SSSR count). The van der Waals surface area contributed by atoms with Gasteiger partial charge >= 0.3 is 0 Å². The van der Waals surface area contributed by atoms with Crippen molar-refractivity contribution in [2.24, 2.45) is 0 Å². The van der Waals surface area contributed by atoms with Gasteiger partial charge in [0.2, 0.25) is 0 Å². The minimum absolute atomic E-state index is 1.01. The molecule has 0 unspecified atom stereocenters. The average molecular weight is 229 g/mol. The highest BCUT2D eigenvalue weighted by molar-refractivity contribution is 5.60. The van der Waals surface area contributed by atoms with Gasteiger partial charge in [-0.05, 0) is 50.3 Å². The topological polar surface area (TPSA) is 12.9 Å². The van der Waals surface area contributed by atoms with Gasteiger partial charge in [0.25, 0.3) is 0 Å². The Kier molecular flexibility index (Phi) is 5.68. The summed E-state index contributed by atoms with van der Waals surface area (Å²) < 4.78 is 0. The third-order valence-electron chi connectivity index (χ3n) is 3.00. The van der Waals surface area contributed by atoms with Crippen molar-refractivity contribution in [3.8, 4) is 0 Å². The van der Waals surface area contributed by atoms with Crippen LogP contribution in [0.4, 0.5) is 0 Å². The molecule has 1 heterocycles. The molecular formula is C16H23N. The lowest BCUT2D eigenvalue weighted by molar-refractivity contribution is 0.830. The van der Waals surface area contributed by atoms with Gasteiger partial charge in [0.05, 0.1) is 5.69 Å². The molecule has 0 radical (unpaired) electrons. The van der Waals surface area contributed by atoms with E-state index in [1.54, 1.807) is 0 Å². The molecule has 0 fully saturated rings. The molecule has 1 aromatic heterocycles. The molecular weight excluding hydrogens is 206 g/mol. The minimum atomic E-state index is 1.01. The highest BCUT2D eigenvalue weighted by Crippen LogP contribution is 2.21. The molecule has 0 N–H and O–H groups in total. The summed E-state index contributed by atoms with van der Waals surface area (Å²) in [5.74, 6) is 0. The molecule has 0 amide bonds. The number of aromatic nitrogens is 1. The van der Waals surface area contributed by atoms with E-state index in [1.165, 1.54) is 24.0 Å². The largest absolute Gasteiger partial charge is 0.256 e. The first-order valence-electron chi connectivity index (χ1n) is 6.42. The SMILES string of the molecule is C=C(CC/C(=C\C)CCC)c1ccc(C)cn1. The second-order valence-corrected chi connectivity index (χ2v) is 4.52. The van der Waals surface area contributed by atoms with Crippen molar-refractivity contribution in [1.82, 2.24) is 4.98 Å². The molecule has 0 aliphatic heterocycles. The van der Waals surface area contributed by atoms with Crippen LogP contribution in [0.3, 0.4) is 0 Å².